The summed E-state index contributed by atoms with van der Waals surface area (Å²) in [6.07, 6.45) is 4.09. The molecule has 11 heteroatoms. The van der Waals surface area contributed by atoms with E-state index in [0.717, 1.165) is 0 Å². The van der Waals surface area contributed by atoms with Crippen LogP contribution in [0.4, 0.5) is 0 Å². The van der Waals surface area contributed by atoms with Gasteiger partial charge in [-0.25, -0.2) is 18.4 Å². The van der Waals surface area contributed by atoms with Crippen LogP contribution in [-0.2, 0) is 19.6 Å². The number of nitrogens with one attached hydrogen (secondary N) is 3. The lowest BCUT2D eigenvalue weighted by Crippen LogP contribution is -2.49. The maximum atomic E-state index is 12.8. The average molecular weight is 492 g/mol. The summed E-state index contributed by atoms with van der Waals surface area (Å²) in [4.78, 5) is 36.2. The predicted octanol–water partition coefficient (Wildman–Crippen LogP) is 2.60. The van der Waals surface area contributed by atoms with Crippen molar-refractivity contribution in [2.75, 3.05) is 0 Å². The van der Waals surface area contributed by atoms with Gasteiger partial charge in [0.25, 0.3) is 5.91 Å². The highest BCUT2D eigenvalue weighted by molar-refractivity contribution is 7.89. The summed E-state index contributed by atoms with van der Waals surface area (Å²) in [6, 6.07) is 17.6. The zero-order valence-electron chi connectivity index (χ0n) is 18.3. The molecule has 0 unspecified atom stereocenters. The molecule has 0 saturated carbocycles. The fourth-order valence-electron chi connectivity index (χ4n) is 3.21. The molecule has 0 fully saturated rings. The van der Waals surface area contributed by atoms with E-state index in [2.05, 4.69) is 25.0 Å². The van der Waals surface area contributed by atoms with Gasteiger partial charge >= 0.3 is 5.97 Å². The second-order valence-electron chi connectivity index (χ2n) is 7.32. The summed E-state index contributed by atoms with van der Waals surface area (Å²) < 4.78 is 33.1. The van der Waals surface area contributed by atoms with Crippen molar-refractivity contribution < 1.29 is 22.7 Å². The normalized spacial score (nSPS) is 12.5. The molecule has 1 amide bonds. The van der Waals surface area contributed by atoms with Crippen LogP contribution in [0, 0.1) is 0 Å². The number of ether oxygens (including phenoxy) is 1. The summed E-state index contributed by atoms with van der Waals surface area (Å²) in [7, 11) is -4.02. The average Bonchev–Trinajstić information content (AvgIpc) is 3.35. The Morgan fingerprint density at radius 1 is 1.00 bits per heavy atom. The van der Waals surface area contributed by atoms with Crippen LogP contribution in [0.25, 0.3) is 17.2 Å². The van der Waals surface area contributed by atoms with Crippen molar-refractivity contribution in [1.29, 1.82) is 0 Å². The van der Waals surface area contributed by atoms with E-state index in [1.807, 2.05) is 0 Å². The molecule has 35 heavy (non-hydrogen) atoms. The number of hydrogen-bond donors (Lipinski definition) is 3. The minimum absolute atomic E-state index is 0.00603. The van der Waals surface area contributed by atoms with Crippen molar-refractivity contribution in [1.82, 2.24) is 25.0 Å². The number of carbonyl (C=O) groups is 2. The number of aromatic nitrogens is 3. The molecule has 2 aromatic heterocycles. The van der Waals surface area contributed by atoms with Gasteiger partial charge in [-0.1, -0.05) is 36.4 Å². The van der Waals surface area contributed by atoms with Gasteiger partial charge in [0.05, 0.1) is 29.4 Å². The molecule has 10 nitrogen and oxygen atoms in total. The monoisotopic (exact) mass is 491 g/mol. The van der Waals surface area contributed by atoms with Crippen molar-refractivity contribution in [2.45, 2.75) is 17.5 Å². The van der Waals surface area contributed by atoms with Gasteiger partial charge in [0.15, 0.2) is 5.65 Å². The number of imidazole rings is 1. The number of carbonyl (C=O) groups excluding carboxylic acids is 2. The molecule has 4 rings (SSSR count). The maximum Gasteiger partial charge on any atom is 0.314 e. The molecule has 0 bridgehead atoms. The minimum atomic E-state index is -4.02. The van der Waals surface area contributed by atoms with Crippen LogP contribution >= 0.6 is 0 Å². The molecule has 0 saturated heterocycles. The molecule has 3 N–H and O–H groups in total. The van der Waals surface area contributed by atoms with E-state index in [1.54, 1.807) is 66.9 Å². The molecule has 0 aliphatic carbocycles. The van der Waals surface area contributed by atoms with Crippen LogP contribution in [-0.4, -0.2) is 41.4 Å². The number of H-pyrrole nitrogens is 1. The van der Waals surface area contributed by atoms with Gasteiger partial charge in [-0.2, -0.15) is 4.72 Å². The van der Waals surface area contributed by atoms with Crippen molar-refractivity contribution in [3.8, 4) is 0 Å². The Hall–Kier alpha value is -4.35. The summed E-state index contributed by atoms with van der Waals surface area (Å²) >= 11 is 0. The predicted molar refractivity (Wildman–Crippen MR) is 128 cm³/mol. The fourth-order valence-corrected chi connectivity index (χ4v) is 4.38. The highest BCUT2D eigenvalue weighted by Gasteiger charge is 2.24. The number of amides is 1. The third kappa shape index (κ3) is 6.16. The molecule has 2 aromatic carbocycles. The number of rotatable bonds is 9. The molecule has 0 aliphatic heterocycles. The largest absolute Gasteiger partial charge is 0.434 e. The standard InChI is InChI=1S/C24H21N5O5S/c30-21(34-14-12-17-11-13-25-23-22(17)26-16-27-23)15-20(28-24(31)18-7-3-1-4-8-18)29-35(32,33)19-9-5-2-6-10-19/h1-14,16,20,29H,15H2,(H,28,31)(H,25,26,27)/t20-/m0/s1. The second kappa shape index (κ2) is 10.7. The quantitative estimate of drug-likeness (QED) is 0.185. The Balaban J connectivity index is 1.47. The number of esters is 1. The zero-order valence-corrected chi connectivity index (χ0v) is 19.1. The smallest absolute Gasteiger partial charge is 0.314 e. The lowest BCUT2D eigenvalue weighted by molar-refractivity contribution is -0.138. The molecule has 178 valence electrons. The van der Waals surface area contributed by atoms with Gasteiger partial charge in [0.1, 0.15) is 6.17 Å². The number of sulfonamides is 1. The lowest BCUT2D eigenvalue weighted by atomic mass is 10.2. The summed E-state index contributed by atoms with van der Waals surface area (Å²) in [5.41, 5.74) is 2.19. The van der Waals surface area contributed by atoms with Crippen LogP contribution < -0.4 is 10.0 Å². The summed E-state index contributed by atoms with van der Waals surface area (Å²) in [5, 5.41) is 2.54. The van der Waals surface area contributed by atoms with Gasteiger partial charge in [-0.05, 0) is 36.4 Å². The third-order valence-corrected chi connectivity index (χ3v) is 6.36. The molecular weight excluding hydrogens is 470 g/mol. The first-order valence-corrected chi connectivity index (χ1v) is 12.0. The molecule has 0 radical (unpaired) electrons. The van der Waals surface area contributed by atoms with Crippen molar-refractivity contribution >= 4 is 39.1 Å². The maximum absolute atomic E-state index is 12.8. The van der Waals surface area contributed by atoms with E-state index in [4.69, 9.17) is 4.74 Å². The number of fused-ring (bicyclic) bond motifs is 1. The molecule has 2 heterocycles. The van der Waals surface area contributed by atoms with Crippen LogP contribution in [0.3, 0.4) is 0 Å². The first-order valence-electron chi connectivity index (χ1n) is 10.5. The number of hydrogen-bond acceptors (Lipinski definition) is 7. The van der Waals surface area contributed by atoms with E-state index in [9.17, 15) is 18.0 Å². The molecular formula is C24H21N5O5S. The first-order chi connectivity index (χ1) is 16.9. The van der Waals surface area contributed by atoms with Crippen LogP contribution in [0.1, 0.15) is 22.3 Å². The first kappa shape index (κ1) is 23.8. The Morgan fingerprint density at radius 3 is 2.46 bits per heavy atom. The number of benzene rings is 2. The van der Waals surface area contributed by atoms with Gasteiger partial charge in [0, 0.05) is 17.3 Å². The van der Waals surface area contributed by atoms with Crippen molar-refractivity contribution in [3.05, 3.63) is 96.6 Å². The van der Waals surface area contributed by atoms with Crippen molar-refractivity contribution in [3.63, 3.8) is 0 Å². The highest BCUT2D eigenvalue weighted by atomic mass is 32.2. The minimum Gasteiger partial charge on any atom is -0.434 e. The number of nitrogens with zero attached hydrogens (tertiary/aromatic N) is 2. The SMILES string of the molecule is O=C(C[C@@H](NC(=O)c1ccccc1)NS(=O)(=O)c1ccccc1)OC=Cc1ccnc2nc[nH]c12. The highest BCUT2D eigenvalue weighted by Crippen LogP contribution is 2.14. The molecule has 0 aliphatic rings. The van der Waals surface area contributed by atoms with Gasteiger partial charge in [-0.15, -0.1) is 0 Å². The van der Waals surface area contributed by atoms with Crippen LogP contribution in [0.2, 0.25) is 0 Å². The Kier molecular flexibility index (Phi) is 7.29. The second-order valence-corrected chi connectivity index (χ2v) is 9.04. The van der Waals surface area contributed by atoms with Gasteiger partial charge < -0.3 is 15.0 Å². The van der Waals surface area contributed by atoms with E-state index in [0.29, 0.717) is 22.3 Å². The van der Waals surface area contributed by atoms with Crippen molar-refractivity contribution in [2.24, 2.45) is 0 Å². The van der Waals surface area contributed by atoms with Gasteiger partial charge in [0.2, 0.25) is 10.0 Å². The van der Waals surface area contributed by atoms with Crippen LogP contribution in [0.15, 0.2) is 90.4 Å². The Bertz CT molecular complexity index is 1450. The summed E-state index contributed by atoms with van der Waals surface area (Å²) in [5.74, 6) is -1.31. The third-order valence-electron chi connectivity index (χ3n) is 4.87. The van der Waals surface area contributed by atoms with Gasteiger partial charge in [-0.3, -0.25) is 9.59 Å². The topological polar surface area (TPSA) is 143 Å². The number of pyridine rings is 1. The molecule has 1 atom stereocenters. The van der Waals surface area contributed by atoms with Crippen LogP contribution in [0.5, 0.6) is 0 Å². The van der Waals surface area contributed by atoms with E-state index < -0.39 is 34.5 Å². The summed E-state index contributed by atoms with van der Waals surface area (Å²) in [6.45, 7) is 0. The van der Waals surface area contributed by atoms with E-state index >= 15 is 0 Å². The Labute approximate surface area is 201 Å². The lowest BCUT2D eigenvalue weighted by Gasteiger charge is -2.19. The fraction of sp³-hybridized carbons (Fsp3) is 0.0833. The van der Waals surface area contributed by atoms with E-state index in [-0.39, 0.29) is 4.90 Å². The molecule has 0 spiro atoms. The van der Waals surface area contributed by atoms with E-state index in [1.165, 1.54) is 24.7 Å². The number of aromatic amines is 1. The zero-order chi connectivity index (χ0) is 24.7. The Morgan fingerprint density at radius 2 is 1.71 bits per heavy atom. The molecule has 4 aromatic rings.